The molecule has 0 aliphatic carbocycles. The molecular formula is C25H37BrN6O6. The Labute approximate surface area is 233 Å². The van der Waals surface area contributed by atoms with Crippen molar-refractivity contribution in [2.24, 2.45) is 5.41 Å². The van der Waals surface area contributed by atoms with E-state index in [0.29, 0.717) is 30.3 Å². The zero-order chi connectivity index (χ0) is 30.1. The summed E-state index contributed by atoms with van der Waals surface area (Å²) in [6.45, 7) is 9.89. The van der Waals surface area contributed by atoms with Gasteiger partial charge in [0.15, 0.2) is 0 Å². The molecule has 12 nitrogen and oxygen atoms in total. The number of nitrogens with one attached hydrogen (secondary N) is 2. The highest BCUT2D eigenvalue weighted by Gasteiger charge is 2.35. The molecule has 0 saturated carbocycles. The standard InChI is InChI=1S/C9H14N2.C7H14N2.C4H7BrO2.C3H2N2.2CO2/c1-3-5-9(7-10,8-11)6-4-2;1-2-7(9-4-1)3-5-8-6-7;1-2-7-4(6)3-5;4-2-1-3-5;2*2-1-3/h3-6H2,1-2H3;8-9H,1-6H2;2-3H2,1H3;1H2;;. The molecule has 2 saturated heterocycles. The average molecular weight is 598 g/mol. The minimum atomic E-state index is -0.705. The number of esters is 1. The zero-order valence-electron chi connectivity index (χ0n) is 22.3. The summed E-state index contributed by atoms with van der Waals surface area (Å²) in [5, 5.41) is 40.0. The first kappa shape index (κ1) is 41.7. The van der Waals surface area contributed by atoms with Crippen molar-refractivity contribution >= 4 is 34.2 Å². The van der Waals surface area contributed by atoms with Gasteiger partial charge in [-0.2, -0.15) is 40.2 Å². The largest absolute Gasteiger partial charge is 0.465 e. The number of hydrogen-bond donors (Lipinski definition) is 2. The number of alkyl halides is 1. The molecule has 2 fully saturated rings. The normalized spacial score (nSPS) is 15.6. The quantitative estimate of drug-likeness (QED) is 0.334. The van der Waals surface area contributed by atoms with E-state index in [9.17, 15) is 4.79 Å². The third-order valence-corrected chi connectivity index (χ3v) is 5.39. The van der Waals surface area contributed by atoms with Gasteiger partial charge in [-0.25, -0.2) is 0 Å². The molecule has 2 rings (SSSR count). The van der Waals surface area contributed by atoms with Crippen LogP contribution in [0, 0.1) is 50.7 Å². The summed E-state index contributed by atoms with van der Waals surface area (Å²) in [5.74, 6) is -0.206. The molecular weight excluding hydrogens is 560 g/mol. The van der Waals surface area contributed by atoms with Gasteiger partial charge in [-0.05, 0) is 52.1 Å². The molecule has 210 valence electrons. The van der Waals surface area contributed by atoms with Crippen molar-refractivity contribution in [3.8, 4) is 24.3 Å². The summed E-state index contributed by atoms with van der Waals surface area (Å²) in [6.07, 6.45) is 7.82. The van der Waals surface area contributed by atoms with Crippen LogP contribution in [0.5, 0.6) is 0 Å². The molecule has 2 N–H and O–H groups in total. The van der Waals surface area contributed by atoms with Crippen molar-refractivity contribution in [3.05, 3.63) is 0 Å². The van der Waals surface area contributed by atoms with Gasteiger partial charge >= 0.3 is 18.3 Å². The molecule has 38 heavy (non-hydrogen) atoms. The lowest BCUT2D eigenvalue weighted by atomic mass is 9.82. The molecule has 0 aromatic heterocycles. The second kappa shape index (κ2) is 31.6. The molecule has 13 heteroatoms. The molecule has 2 heterocycles. The number of halogens is 1. The first-order valence-corrected chi connectivity index (χ1v) is 13.1. The maximum Gasteiger partial charge on any atom is 0.373 e. The molecule has 2 aliphatic rings. The Hall–Kier alpha value is -3.41. The number of nitrogens with zero attached hydrogens (tertiary/aromatic N) is 4. The number of carbonyl (C=O) groups excluding carboxylic acids is 5. The van der Waals surface area contributed by atoms with Crippen LogP contribution in [0.1, 0.15) is 72.1 Å². The van der Waals surface area contributed by atoms with E-state index in [1.165, 1.54) is 38.9 Å². The van der Waals surface area contributed by atoms with E-state index in [1.54, 1.807) is 19.1 Å². The van der Waals surface area contributed by atoms with E-state index in [0.717, 1.165) is 12.8 Å². The summed E-state index contributed by atoms with van der Waals surface area (Å²) in [5.41, 5.74) is -0.177. The van der Waals surface area contributed by atoms with Crippen LogP contribution < -0.4 is 10.6 Å². The second-order valence-corrected chi connectivity index (χ2v) is 8.20. The third kappa shape index (κ3) is 25.7. The van der Waals surface area contributed by atoms with Crippen LogP contribution in [0.2, 0.25) is 0 Å². The van der Waals surface area contributed by atoms with Crippen molar-refractivity contribution < 1.29 is 28.7 Å². The lowest BCUT2D eigenvalue weighted by Gasteiger charge is -2.21. The van der Waals surface area contributed by atoms with E-state index < -0.39 is 5.41 Å². The highest BCUT2D eigenvalue weighted by atomic mass is 79.9. The summed E-state index contributed by atoms with van der Waals surface area (Å²) in [6, 6.07) is 7.52. The Morgan fingerprint density at radius 1 is 0.921 bits per heavy atom. The Bertz CT molecular complexity index is 769. The van der Waals surface area contributed by atoms with E-state index in [-0.39, 0.29) is 24.7 Å². The van der Waals surface area contributed by atoms with Crippen molar-refractivity contribution in [2.75, 3.05) is 31.6 Å². The van der Waals surface area contributed by atoms with Gasteiger partial charge in [-0.3, -0.25) is 4.79 Å². The fourth-order valence-electron chi connectivity index (χ4n) is 3.44. The molecule has 0 radical (unpaired) electrons. The number of ether oxygens (including phenoxy) is 1. The Kier molecular flexibility index (Phi) is 34.7. The van der Waals surface area contributed by atoms with Gasteiger partial charge in [-0.15, -0.1) is 0 Å². The number of carbonyl (C=O) groups is 1. The summed E-state index contributed by atoms with van der Waals surface area (Å²) < 4.78 is 4.51. The van der Waals surface area contributed by atoms with Crippen molar-refractivity contribution in [3.63, 3.8) is 0 Å². The van der Waals surface area contributed by atoms with Crippen LogP contribution >= 0.6 is 15.9 Å². The van der Waals surface area contributed by atoms with Crippen LogP contribution in [-0.4, -0.2) is 55.4 Å². The predicted molar refractivity (Wildman–Crippen MR) is 137 cm³/mol. The molecule has 0 aromatic rings. The molecule has 1 spiro atoms. The fourth-order valence-corrected chi connectivity index (χ4v) is 3.60. The van der Waals surface area contributed by atoms with Gasteiger partial charge in [0.25, 0.3) is 0 Å². The predicted octanol–water partition coefficient (Wildman–Crippen LogP) is 2.92. The Morgan fingerprint density at radius 3 is 1.63 bits per heavy atom. The van der Waals surface area contributed by atoms with Crippen LogP contribution in [-0.2, 0) is 28.7 Å². The van der Waals surface area contributed by atoms with Gasteiger partial charge in [0.05, 0.1) is 30.9 Å². The van der Waals surface area contributed by atoms with Crippen molar-refractivity contribution in [1.82, 2.24) is 10.6 Å². The second-order valence-electron chi connectivity index (χ2n) is 7.64. The van der Waals surface area contributed by atoms with E-state index in [2.05, 4.69) is 43.4 Å². The van der Waals surface area contributed by atoms with Crippen LogP contribution in [0.3, 0.4) is 0 Å². The monoisotopic (exact) mass is 596 g/mol. The summed E-state index contributed by atoms with van der Waals surface area (Å²) >= 11 is 2.94. The minimum absolute atomic E-state index is 0. The van der Waals surface area contributed by atoms with E-state index in [1.807, 2.05) is 13.8 Å². The summed E-state index contributed by atoms with van der Waals surface area (Å²) in [4.78, 5) is 42.6. The van der Waals surface area contributed by atoms with Gasteiger partial charge in [-0.1, -0.05) is 42.6 Å². The first-order valence-electron chi connectivity index (χ1n) is 11.9. The molecule has 1 unspecified atom stereocenters. The molecule has 0 bridgehead atoms. The van der Waals surface area contributed by atoms with Crippen LogP contribution in [0.25, 0.3) is 0 Å². The number of rotatable bonds is 6. The number of nitriles is 4. The smallest absolute Gasteiger partial charge is 0.373 e. The van der Waals surface area contributed by atoms with Gasteiger partial charge < -0.3 is 15.4 Å². The van der Waals surface area contributed by atoms with Gasteiger partial charge in [0, 0.05) is 12.1 Å². The van der Waals surface area contributed by atoms with Crippen LogP contribution in [0.4, 0.5) is 0 Å². The highest BCUT2D eigenvalue weighted by molar-refractivity contribution is 9.09. The van der Waals surface area contributed by atoms with Crippen molar-refractivity contribution in [1.29, 1.82) is 21.0 Å². The zero-order valence-corrected chi connectivity index (χ0v) is 23.9. The maximum absolute atomic E-state index is 10.1. The average Bonchev–Trinajstić information content (AvgIpc) is 3.58. The molecule has 0 amide bonds. The minimum Gasteiger partial charge on any atom is -0.465 e. The maximum atomic E-state index is 10.1. The highest BCUT2D eigenvalue weighted by Crippen LogP contribution is 2.27. The molecule has 2 aliphatic heterocycles. The number of hydrogen-bond acceptors (Lipinski definition) is 12. The topological polar surface area (TPSA) is 214 Å². The fraction of sp³-hybridized carbons (Fsp3) is 0.720. The first-order chi connectivity index (χ1) is 18.2. The summed E-state index contributed by atoms with van der Waals surface area (Å²) in [7, 11) is 0. The SMILES string of the molecule is C1CNC2(C1)CCNC2.CCCC(C#N)(C#N)CCC.CCOC(=O)CBr.N#CCC#N.O=C=O.O=C=O. The third-order valence-electron chi connectivity index (χ3n) is 4.93. The molecule has 1 atom stereocenters. The lowest BCUT2D eigenvalue weighted by Crippen LogP contribution is -2.41. The van der Waals surface area contributed by atoms with Gasteiger partial charge in [0.2, 0.25) is 0 Å². The lowest BCUT2D eigenvalue weighted by molar-refractivity contribution is -0.193. The van der Waals surface area contributed by atoms with E-state index in [4.69, 9.17) is 40.2 Å². The Balaban J connectivity index is -0.000000195. The molecule has 0 aromatic carbocycles. The van der Waals surface area contributed by atoms with Crippen molar-refractivity contribution in [2.45, 2.75) is 77.7 Å². The Morgan fingerprint density at radius 2 is 1.42 bits per heavy atom. The van der Waals surface area contributed by atoms with E-state index >= 15 is 0 Å². The van der Waals surface area contributed by atoms with Crippen LogP contribution in [0.15, 0.2) is 0 Å². The van der Waals surface area contributed by atoms with Gasteiger partial charge in [0.1, 0.15) is 17.2 Å².